The first kappa shape index (κ1) is 21.9. The minimum Gasteiger partial charge on any atom is -0.455 e. The van der Waals surface area contributed by atoms with Crippen molar-refractivity contribution in [3.63, 3.8) is 0 Å². The van der Waals surface area contributed by atoms with Gasteiger partial charge in [-0.1, -0.05) is 133 Å². The fourth-order valence-electron chi connectivity index (χ4n) is 6.66. The molecular formula is C45H28N4O. The molecule has 234 valence electrons. The first-order chi connectivity index (χ1) is 27.7. The van der Waals surface area contributed by atoms with Gasteiger partial charge in [0, 0.05) is 49.5 Å². The second-order valence-corrected chi connectivity index (χ2v) is 11.9. The summed E-state index contributed by atoms with van der Waals surface area (Å²) < 4.78 is 68.4. The van der Waals surface area contributed by atoms with E-state index in [0.717, 1.165) is 44.2 Å². The zero-order valence-corrected chi connectivity index (χ0v) is 26.3. The van der Waals surface area contributed by atoms with Crippen molar-refractivity contribution >= 4 is 43.7 Å². The van der Waals surface area contributed by atoms with Crippen LogP contribution < -0.4 is 0 Å². The Morgan fingerprint density at radius 2 is 1.10 bits per heavy atom. The van der Waals surface area contributed by atoms with Crippen LogP contribution in [0.25, 0.3) is 94.7 Å². The van der Waals surface area contributed by atoms with Crippen LogP contribution in [-0.4, -0.2) is 19.5 Å². The lowest BCUT2D eigenvalue weighted by molar-refractivity contribution is 0.670. The Bertz CT molecular complexity index is 3220. The molecule has 7 aromatic carbocycles. The molecule has 0 fully saturated rings. The molecule has 0 saturated heterocycles. The first-order valence-electron chi connectivity index (χ1n) is 19.6. The molecule has 3 heterocycles. The van der Waals surface area contributed by atoms with E-state index in [9.17, 15) is 0 Å². The van der Waals surface area contributed by atoms with E-state index in [-0.39, 0.29) is 57.7 Å². The number of benzene rings is 7. The molecule has 0 aliphatic carbocycles. The summed E-state index contributed by atoms with van der Waals surface area (Å²) in [7, 11) is 0. The molecule has 0 aliphatic heterocycles. The number of para-hydroxylation sites is 3. The Labute approximate surface area is 297 Å². The lowest BCUT2D eigenvalue weighted by Crippen LogP contribution is -2.01. The van der Waals surface area contributed by atoms with Crippen molar-refractivity contribution in [3.05, 3.63) is 170 Å². The van der Waals surface area contributed by atoms with Crippen LogP contribution in [0.15, 0.2) is 174 Å². The Kier molecular flexibility index (Phi) is 4.99. The van der Waals surface area contributed by atoms with Crippen LogP contribution in [0, 0.1) is 0 Å². The molecule has 0 atom stereocenters. The van der Waals surface area contributed by atoms with Crippen LogP contribution in [-0.2, 0) is 0 Å². The minimum absolute atomic E-state index is 0.0262. The second-order valence-electron chi connectivity index (χ2n) is 11.9. The predicted octanol–water partition coefficient (Wildman–Crippen LogP) is 11.5. The normalized spacial score (nSPS) is 13.6. The third-order valence-electron chi connectivity index (χ3n) is 8.96. The van der Waals surface area contributed by atoms with Crippen molar-refractivity contribution in [2.24, 2.45) is 0 Å². The first-order valence-corrected chi connectivity index (χ1v) is 16.1. The number of fused-ring (bicyclic) bond motifs is 6. The summed E-state index contributed by atoms with van der Waals surface area (Å²) in [4.78, 5) is 14.7. The lowest BCUT2D eigenvalue weighted by atomic mass is 10.0. The van der Waals surface area contributed by atoms with Gasteiger partial charge < -0.3 is 8.98 Å². The summed E-state index contributed by atoms with van der Waals surface area (Å²) in [6.45, 7) is 0. The monoisotopic (exact) mass is 647 g/mol. The molecule has 0 bridgehead atoms. The van der Waals surface area contributed by atoms with Crippen LogP contribution in [0.1, 0.15) is 9.60 Å². The van der Waals surface area contributed by atoms with Gasteiger partial charge in [-0.25, -0.2) is 15.0 Å². The Balaban J connectivity index is 1.17. The molecule has 5 heteroatoms. The molecule has 0 spiro atoms. The summed E-state index contributed by atoms with van der Waals surface area (Å²) in [6.07, 6.45) is 0. The summed E-state index contributed by atoms with van der Waals surface area (Å²) in [6, 6.07) is 38.8. The summed E-state index contributed by atoms with van der Waals surface area (Å²) in [5, 5.41) is 1.91. The quantitative estimate of drug-likeness (QED) is 0.186. The zero-order chi connectivity index (χ0) is 39.1. The molecule has 0 unspecified atom stereocenters. The maximum absolute atomic E-state index is 9.02. The largest absolute Gasteiger partial charge is 0.455 e. The number of rotatable bonds is 5. The summed E-state index contributed by atoms with van der Waals surface area (Å²) in [5.41, 5.74) is 5.95. The number of hydrogen-bond acceptors (Lipinski definition) is 4. The summed E-state index contributed by atoms with van der Waals surface area (Å²) >= 11 is 0. The highest BCUT2D eigenvalue weighted by Crippen LogP contribution is 2.39. The molecule has 10 aromatic rings. The molecule has 50 heavy (non-hydrogen) atoms. The van der Waals surface area contributed by atoms with Crippen LogP contribution in [0.2, 0.25) is 0 Å². The topological polar surface area (TPSA) is 56.7 Å². The summed E-state index contributed by atoms with van der Waals surface area (Å²) in [5.74, 6) is 1.65. The molecule has 0 radical (unpaired) electrons. The van der Waals surface area contributed by atoms with E-state index in [0.29, 0.717) is 23.0 Å². The van der Waals surface area contributed by atoms with Crippen LogP contribution in [0.4, 0.5) is 0 Å². The molecule has 0 N–H and O–H groups in total. The highest BCUT2D eigenvalue weighted by molar-refractivity contribution is 6.13. The zero-order valence-electron chi connectivity index (χ0n) is 33.3. The fourth-order valence-corrected chi connectivity index (χ4v) is 6.66. The van der Waals surface area contributed by atoms with Gasteiger partial charge in [0.25, 0.3) is 0 Å². The third kappa shape index (κ3) is 4.60. The van der Waals surface area contributed by atoms with E-state index < -0.39 is 12.1 Å². The van der Waals surface area contributed by atoms with E-state index in [1.165, 1.54) is 0 Å². The van der Waals surface area contributed by atoms with Gasteiger partial charge in [0.05, 0.1) is 20.6 Å². The average molecular weight is 648 g/mol. The average Bonchev–Trinajstić information content (AvgIpc) is 3.81. The molecule has 0 saturated carbocycles. The molecular weight excluding hydrogens is 613 g/mol. The molecule has 3 aromatic heterocycles. The second kappa shape index (κ2) is 11.4. The molecule has 5 nitrogen and oxygen atoms in total. The van der Waals surface area contributed by atoms with E-state index >= 15 is 0 Å². The Morgan fingerprint density at radius 1 is 0.460 bits per heavy atom. The van der Waals surface area contributed by atoms with Crippen molar-refractivity contribution < 1.29 is 14.0 Å². The van der Waals surface area contributed by atoms with Crippen molar-refractivity contribution in [2.75, 3.05) is 0 Å². The fraction of sp³-hybridized carbons (Fsp3) is 0. The molecule has 0 amide bonds. The van der Waals surface area contributed by atoms with Crippen molar-refractivity contribution in [1.29, 1.82) is 0 Å². The lowest BCUT2D eigenvalue weighted by Gasteiger charge is -2.12. The predicted molar refractivity (Wildman–Crippen MR) is 203 cm³/mol. The van der Waals surface area contributed by atoms with Gasteiger partial charge in [-0.2, -0.15) is 0 Å². The molecule has 0 aliphatic rings. The number of nitrogens with zero attached hydrogens (tertiary/aromatic N) is 4. The van der Waals surface area contributed by atoms with Gasteiger partial charge in [0.2, 0.25) is 0 Å². The maximum atomic E-state index is 9.02. The smallest absolute Gasteiger partial charge is 0.164 e. The third-order valence-corrected chi connectivity index (χ3v) is 8.96. The number of hydrogen-bond donors (Lipinski definition) is 0. The standard InChI is InChI=1S/C45H28N4O/c1-3-13-29(14-4-1)43-46-44(30-15-5-2-6-16-30)48-45(47-43)32-17-11-18-33(27-32)49-39-23-9-7-19-35(39)38-28-31(25-26-40(38)49)34-21-12-22-37-36-20-8-10-24-41(36)50-42(34)37/h1-28H/i8D,10D,12D,20D,21D,22D,24D. The highest BCUT2D eigenvalue weighted by Gasteiger charge is 2.18. The highest BCUT2D eigenvalue weighted by atomic mass is 16.3. The van der Waals surface area contributed by atoms with Gasteiger partial charge in [-0.15, -0.1) is 0 Å². The Hall–Kier alpha value is -6.85. The van der Waals surface area contributed by atoms with Gasteiger partial charge >= 0.3 is 0 Å². The van der Waals surface area contributed by atoms with Crippen LogP contribution in [0.3, 0.4) is 0 Å². The van der Waals surface area contributed by atoms with E-state index in [4.69, 9.17) is 29.0 Å². The van der Waals surface area contributed by atoms with E-state index in [1.807, 2.05) is 121 Å². The Morgan fingerprint density at radius 3 is 1.88 bits per heavy atom. The van der Waals surface area contributed by atoms with Gasteiger partial charge in [0.15, 0.2) is 17.5 Å². The van der Waals surface area contributed by atoms with Crippen LogP contribution >= 0.6 is 0 Å². The van der Waals surface area contributed by atoms with Gasteiger partial charge in [-0.3, -0.25) is 0 Å². The van der Waals surface area contributed by atoms with Gasteiger partial charge in [0.1, 0.15) is 11.2 Å². The minimum atomic E-state index is -0.459. The number of furan rings is 1. The number of aromatic nitrogens is 4. The van der Waals surface area contributed by atoms with Crippen molar-refractivity contribution in [2.45, 2.75) is 0 Å². The van der Waals surface area contributed by atoms with E-state index in [1.54, 1.807) is 0 Å². The maximum Gasteiger partial charge on any atom is 0.164 e. The van der Waals surface area contributed by atoms with Crippen LogP contribution in [0.5, 0.6) is 0 Å². The van der Waals surface area contributed by atoms with E-state index in [2.05, 4.69) is 10.6 Å². The molecule has 10 rings (SSSR count). The van der Waals surface area contributed by atoms with Crippen molar-refractivity contribution in [3.8, 4) is 51.0 Å². The SMILES string of the molecule is [2H]c1c([2H])c([2H])c2c(oc3c(-c4ccc5c(c4)c4ccccc4n5-c4cccc(-c5nc(-c6ccccc6)nc(-c6ccccc6)n5)c4)c([2H])c([2H])c([2H])c32)c1[2H]. The van der Waals surface area contributed by atoms with Crippen molar-refractivity contribution in [1.82, 2.24) is 19.5 Å². The van der Waals surface area contributed by atoms with Gasteiger partial charge in [-0.05, 0) is 41.9 Å².